The number of methoxy groups -OCH3 is 2. The minimum atomic E-state index is 0.00733. The highest BCUT2D eigenvalue weighted by atomic mass is 16.5. The van der Waals surface area contributed by atoms with Crippen molar-refractivity contribution in [3.8, 4) is 17.2 Å². The predicted molar refractivity (Wildman–Crippen MR) is 103 cm³/mol. The van der Waals surface area contributed by atoms with Crippen LogP contribution in [0.4, 0.5) is 0 Å². The number of phenols is 1. The molecule has 0 unspecified atom stereocenters. The Kier molecular flexibility index (Phi) is 9.58. The van der Waals surface area contributed by atoms with Gasteiger partial charge in [0, 0.05) is 13.1 Å². The van der Waals surface area contributed by atoms with Gasteiger partial charge in [0.05, 0.1) is 20.8 Å². The number of aliphatic imine (C=N–C) groups is 1. The quantitative estimate of drug-likeness (QED) is 0.343. The number of unbranched alkanes of at least 4 members (excludes halogenated alkanes) is 1. The molecule has 25 heavy (non-hydrogen) atoms. The molecule has 1 aromatic carbocycles. The molecule has 0 heterocycles. The fourth-order valence-corrected chi connectivity index (χ4v) is 2.44. The maximum absolute atomic E-state index is 9.97. The van der Waals surface area contributed by atoms with Crippen molar-refractivity contribution >= 4 is 5.96 Å². The largest absolute Gasteiger partial charge is 0.502 e. The molecule has 0 aliphatic rings. The molecule has 1 rings (SSSR count). The summed E-state index contributed by atoms with van der Waals surface area (Å²) < 4.78 is 10.4. The SMILES string of the molecule is CCNC(=NCc1cc(OC)c(O)c(OC)c1)NCCCCC(C)C. The van der Waals surface area contributed by atoms with Gasteiger partial charge in [0.25, 0.3) is 0 Å². The number of hydrogen-bond donors (Lipinski definition) is 3. The molecule has 0 aliphatic heterocycles. The number of guanidine groups is 1. The molecule has 0 spiro atoms. The van der Waals surface area contributed by atoms with E-state index in [0.29, 0.717) is 18.0 Å². The average molecular weight is 351 g/mol. The number of benzene rings is 1. The summed E-state index contributed by atoms with van der Waals surface area (Å²) in [5.74, 6) is 2.32. The molecule has 3 N–H and O–H groups in total. The van der Waals surface area contributed by atoms with Crippen LogP contribution >= 0.6 is 0 Å². The fraction of sp³-hybridized carbons (Fsp3) is 0.632. The molecule has 0 radical (unpaired) electrons. The Labute approximate surface area is 151 Å². The summed E-state index contributed by atoms with van der Waals surface area (Å²) >= 11 is 0. The van der Waals surface area contributed by atoms with Crippen LogP contribution in [-0.2, 0) is 6.54 Å². The van der Waals surface area contributed by atoms with Gasteiger partial charge in [0.2, 0.25) is 5.75 Å². The number of nitrogens with zero attached hydrogens (tertiary/aromatic N) is 1. The maximum atomic E-state index is 9.97. The minimum Gasteiger partial charge on any atom is -0.502 e. The first-order valence-electron chi connectivity index (χ1n) is 8.97. The van der Waals surface area contributed by atoms with Gasteiger partial charge in [-0.05, 0) is 37.0 Å². The van der Waals surface area contributed by atoms with Crippen molar-refractivity contribution in [1.29, 1.82) is 0 Å². The van der Waals surface area contributed by atoms with Crippen molar-refractivity contribution < 1.29 is 14.6 Å². The van der Waals surface area contributed by atoms with E-state index in [1.165, 1.54) is 27.1 Å². The number of ether oxygens (including phenoxy) is 2. The van der Waals surface area contributed by atoms with Crippen molar-refractivity contribution in [2.75, 3.05) is 27.3 Å². The molecule has 0 bridgehead atoms. The number of nitrogens with one attached hydrogen (secondary N) is 2. The molecule has 1 aromatic rings. The summed E-state index contributed by atoms with van der Waals surface area (Å²) in [6, 6.07) is 3.54. The molecule has 0 atom stereocenters. The zero-order chi connectivity index (χ0) is 18.7. The van der Waals surface area contributed by atoms with Crippen LogP contribution in [0.25, 0.3) is 0 Å². The smallest absolute Gasteiger partial charge is 0.200 e. The summed E-state index contributed by atoms with van der Waals surface area (Å²) in [6.45, 7) is 8.72. The Bertz CT molecular complexity index is 520. The van der Waals surface area contributed by atoms with Crippen LogP contribution in [0.1, 0.15) is 45.6 Å². The van der Waals surface area contributed by atoms with Crippen molar-refractivity contribution in [2.45, 2.75) is 46.6 Å². The second-order valence-corrected chi connectivity index (χ2v) is 6.36. The average Bonchev–Trinajstić information content (AvgIpc) is 2.59. The summed E-state index contributed by atoms with van der Waals surface area (Å²) in [5, 5.41) is 16.6. The topological polar surface area (TPSA) is 75.1 Å². The van der Waals surface area contributed by atoms with Gasteiger partial charge in [-0.25, -0.2) is 4.99 Å². The Morgan fingerprint density at radius 2 is 1.76 bits per heavy atom. The van der Waals surface area contributed by atoms with E-state index in [9.17, 15) is 5.11 Å². The van der Waals surface area contributed by atoms with Crippen molar-refractivity contribution in [3.63, 3.8) is 0 Å². The summed E-state index contributed by atoms with van der Waals surface area (Å²) in [4.78, 5) is 4.60. The van der Waals surface area contributed by atoms with Gasteiger partial charge < -0.3 is 25.2 Å². The van der Waals surface area contributed by atoms with E-state index in [1.807, 2.05) is 6.92 Å². The number of rotatable bonds is 10. The number of hydrogen-bond acceptors (Lipinski definition) is 4. The van der Waals surface area contributed by atoms with Crippen molar-refractivity contribution in [3.05, 3.63) is 17.7 Å². The lowest BCUT2D eigenvalue weighted by molar-refractivity contribution is 0.339. The number of phenolic OH excluding ortho intramolecular Hbond substituents is 1. The molecular weight excluding hydrogens is 318 g/mol. The third-order valence-electron chi connectivity index (χ3n) is 3.80. The van der Waals surface area contributed by atoms with Crippen molar-refractivity contribution in [2.24, 2.45) is 10.9 Å². The Balaban J connectivity index is 2.67. The van der Waals surface area contributed by atoms with Gasteiger partial charge >= 0.3 is 0 Å². The van der Waals surface area contributed by atoms with Crippen LogP contribution in [0, 0.1) is 5.92 Å². The standard InChI is InChI=1S/C19H33N3O3/c1-6-20-19(21-10-8-7-9-14(2)3)22-13-15-11-16(24-4)18(23)17(12-15)25-5/h11-12,14,23H,6-10,13H2,1-5H3,(H2,20,21,22). The Morgan fingerprint density at radius 1 is 1.12 bits per heavy atom. The van der Waals surface area contributed by atoms with E-state index in [1.54, 1.807) is 12.1 Å². The highest BCUT2D eigenvalue weighted by Crippen LogP contribution is 2.37. The summed E-state index contributed by atoms with van der Waals surface area (Å²) in [5.41, 5.74) is 0.906. The Morgan fingerprint density at radius 3 is 2.28 bits per heavy atom. The van der Waals surface area contributed by atoms with E-state index < -0.39 is 0 Å². The molecule has 0 aromatic heterocycles. The lowest BCUT2D eigenvalue weighted by atomic mass is 10.1. The van der Waals surface area contributed by atoms with Crippen LogP contribution in [0.3, 0.4) is 0 Å². The van der Waals surface area contributed by atoms with E-state index in [4.69, 9.17) is 9.47 Å². The zero-order valence-electron chi connectivity index (χ0n) is 16.2. The molecule has 0 saturated heterocycles. The lowest BCUT2D eigenvalue weighted by Crippen LogP contribution is -2.37. The molecule has 0 amide bonds. The predicted octanol–water partition coefficient (Wildman–Crippen LogP) is 3.29. The van der Waals surface area contributed by atoms with Gasteiger partial charge in [0.15, 0.2) is 17.5 Å². The second-order valence-electron chi connectivity index (χ2n) is 6.36. The molecule has 0 saturated carbocycles. The zero-order valence-corrected chi connectivity index (χ0v) is 16.2. The van der Waals surface area contributed by atoms with Crippen LogP contribution in [0.15, 0.2) is 17.1 Å². The van der Waals surface area contributed by atoms with E-state index >= 15 is 0 Å². The first-order valence-corrected chi connectivity index (χ1v) is 8.97. The van der Waals surface area contributed by atoms with Gasteiger partial charge in [-0.3, -0.25) is 0 Å². The Hall–Kier alpha value is -2.11. The first kappa shape index (κ1) is 20.9. The van der Waals surface area contributed by atoms with E-state index in [0.717, 1.165) is 37.0 Å². The van der Waals surface area contributed by atoms with Crippen LogP contribution in [0.2, 0.25) is 0 Å². The minimum absolute atomic E-state index is 0.00733. The summed E-state index contributed by atoms with van der Waals surface area (Å²) in [6.07, 6.45) is 3.60. The number of aromatic hydroxyl groups is 1. The highest BCUT2D eigenvalue weighted by molar-refractivity contribution is 5.79. The molecular formula is C19H33N3O3. The molecule has 142 valence electrons. The monoisotopic (exact) mass is 351 g/mol. The lowest BCUT2D eigenvalue weighted by Gasteiger charge is -2.13. The van der Waals surface area contributed by atoms with E-state index in [-0.39, 0.29) is 5.75 Å². The normalized spacial score (nSPS) is 11.5. The third-order valence-corrected chi connectivity index (χ3v) is 3.80. The van der Waals surface area contributed by atoms with Gasteiger partial charge in [0.1, 0.15) is 0 Å². The maximum Gasteiger partial charge on any atom is 0.200 e. The third kappa shape index (κ3) is 7.54. The van der Waals surface area contributed by atoms with Crippen LogP contribution < -0.4 is 20.1 Å². The van der Waals surface area contributed by atoms with Gasteiger partial charge in [-0.15, -0.1) is 0 Å². The van der Waals surface area contributed by atoms with E-state index in [2.05, 4.69) is 29.5 Å². The van der Waals surface area contributed by atoms with Crippen LogP contribution in [-0.4, -0.2) is 38.4 Å². The molecule has 0 aliphatic carbocycles. The fourth-order valence-electron chi connectivity index (χ4n) is 2.44. The summed E-state index contributed by atoms with van der Waals surface area (Å²) in [7, 11) is 3.04. The first-order chi connectivity index (χ1) is 12.0. The molecule has 0 fully saturated rings. The van der Waals surface area contributed by atoms with Gasteiger partial charge in [-0.1, -0.05) is 26.7 Å². The van der Waals surface area contributed by atoms with Gasteiger partial charge in [-0.2, -0.15) is 0 Å². The molecule has 6 nitrogen and oxygen atoms in total. The van der Waals surface area contributed by atoms with Crippen LogP contribution in [0.5, 0.6) is 17.2 Å². The highest BCUT2D eigenvalue weighted by Gasteiger charge is 2.11. The second kappa shape index (κ2) is 11.4. The van der Waals surface area contributed by atoms with Crippen molar-refractivity contribution in [1.82, 2.24) is 10.6 Å². The molecule has 6 heteroatoms.